The Morgan fingerprint density at radius 2 is 1.73 bits per heavy atom. The highest BCUT2D eigenvalue weighted by Gasteiger charge is 2.51. The monoisotopic (exact) mass is 576 g/mol. The molecule has 0 saturated carbocycles. The van der Waals surface area contributed by atoms with Crippen molar-refractivity contribution in [3.8, 4) is 0 Å². The molecule has 4 rings (SSSR count). The molecule has 37 heavy (non-hydrogen) atoms. The van der Waals surface area contributed by atoms with Gasteiger partial charge < -0.3 is 14.6 Å². The lowest BCUT2D eigenvalue weighted by Crippen LogP contribution is -2.57. The van der Waals surface area contributed by atoms with Crippen molar-refractivity contribution in [3.63, 3.8) is 0 Å². The van der Waals surface area contributed by atoms with E-state index in [0.29, 0.717) is 17.5 Å². The Kier molecular flexibility index (Phi) is 7.94. The third-order valence-corrected chi connectivity index (χ3v) is 11.0. The highest BCUT2D eigenvalue weighted by molar-refractivity contribution is 7.91. The minimum atomic E-state index is -4.87. The third-order valence-electron chi connectivity index (χ3n) is 6.27. The molecule has 3 aromatic rings. The summed E-state index contributed by atoms with van der Waals surface area (Å²) in [5.74, 6) is -0.479. The Morgan fingerprint density at radius 1 is 1.08 bits per heavy atom. The molecule has 0 spiro atoms. The second-order valence-electron chi connectivity index (χ2n) is 8.73. The first-order valence-electron chi connectivity index (χ1n) is 11.1. The zero-order valence-electron chi connectivity index (χ0n) is 19.6. The van der Waals surface area contributed by atoms with Crippen LogP contribution in [0.3, 0.4) is 0 Å². The summed E-state index contributed by atoms with van der Waals surface area (Å²) < 4.78 is 94.0. The van der Waals surface area contributed by atoms with Crippen molar-refractivity contribution in [1.29, 1.82) is 0 Å². The normalized spacial score (nSPS) is 20.0. The molecule has 200 valence electrons. The van der Waals surface area contributed by atoms with E-state index in [1.807, 2.05) is 0 Å². The second kappa shape index (κ2) is 10.5. The van der Waals surface area contributed by atoms with E-state index >= 15 is 0 Å². The zero-order valence-corrected chi connectivity index (χ0v) is 22.0. The van der Waals surface area contributed by atoms with Crippen molar-refractivity contribution in [2.45, 2.75) is 33.8 Å². The van der Waals surface area contributed by atoms with Crippen LogP contribution in [-0.4, -0.2) is 60.0 Å². The summed E-state index contributed by atoms with van der Waals surface area (Å²) in [6.45, 7) is 0.979. The lowest BCUT2D eigenvalue weighted by Gasteiger charge is -2.41. The van der Waals surface area contributed by atoms with E-state index in [9.17, 15) is 35.6 Å². The first-order chi connectivity index (χ1) is 17.3. The number of hydrogen-bond acceptors (Lipinski definition) is 6. The van der Waals surface area contributed by atoms with Crippen LogP contribution in [0.15, 0.2) is 75.1 Å². The minimum Gasteiger partial charge on any atom is -0.611 e. The highest BCUT2D eigenvalue weighted by Crippen LogP contribution is 2.39. The molecule has 0 radical (unpaired) electrons. The maximum atomic E-state index is 13.3. The predicted octanol–water partition coefficient (Wildman–Crippen LogP) is 4.34. The van der Waals surface area contributed by atoms with Gasteiger partial charge in [-0.15, -0.1) is 11.3 Å². The molecule has 1 fully saturated rings. The SMILES string of the molecule is C[C@@](O)(c1ccc(N2CCN(S(=O)(=O)c3cccs3)C[C@@H]2C[S+]([O-])c2ccc(F)cc2)cc1)C(F)(F)F. The molecule has 1 aliphatic heterocycles. The number of anilines is 1. The number of hydrogen-bond donors (Lipinski definition) is 1. The van der Waals surface area contributed by atoms with Crippen LogP contribution in [-0.2, 0) is 26.8 Å². The van der Waals surface area contributed by atoms with Gasteiger partial charge in [-0.3, -0.25) is 0 Å². The number of alkyl halides is 3. The average Bonchev–Trinajstić information content (AvgIpc) is 3.40. The lowest BCUT2D eigenvalue weighted by molar-refractivity contribution is -0.258. The molecule has 2 aromatic carbocycles. The number of piperazine rings is 1. The van der Waals surface area contributed by atoms with Crippen LogP contribution in [0.4, 0.5) is 23.2 Å². The van der Waals surface area contributed by atoms with Crippen molar-refractivity contribution in [2.75, 3.05) is 30.3 Å². The van der Waals surface area contributed by atoms with Crippen LogP contribution < -0.4 is 4.90 Å². The number of aliphatic hydroxyl groups is 1. The average molecular weight is 577 g/mol. The van der Waals surface area contributed by atoms with Gasteiger partial charge in [-0.25, -0.2) is 12.8 Å². The van der Waals surface area contributed by atoms with Gasteiger partial charge in [0.25, 0.3) is 10.0 Å². The summed E-state index contributed by atoms with van der Waals surface area (Å²) in [6, 6.07) is 12.9. The Labute approximate surface area is 219 Å². The maximum Gasteiger partial charge on any atom is 0.421 e. The van der Waals surface area contributed by atoms with E-state index in [-0.39, 0.29) is 35.2 Å². The van der Waals surface area contributed by atoms with Crippen molar-refractivity contribution >= 4 is 38.2 Å². The van der Waals surface area contributed by atoms with Gasteiger partial charge >= 0.3 is 6.18 Å². The summed E-state index contributed by atoms with van der Waals surface area (Å²) in [5, 5.41) is 11.6. The van der Waals surface area contributed by atoms with Crippen molar-refractivity contribution < 1.29 is 35.6 Å². The van der Waals surface area contributed by atoms with Crippen molar-refractivity contribution in [1.82, 2.24) is 4.31 Å². The number of sulfonamides is 1. The van der Waals surface area contributed by atoms with Crippen molar-refractivity contribution in [3.05, 3.63) is 77.4 Å². The van der Waals surface area contributed by atoms with Crippen molar-refractivity contribution in [2.24, 2.45) is 0 Å². The van der Waals surface area contributed by atoms with Gasteiger partial charge in [-0.1, -0.05) is 18.2 Å². The van der Waals surface area contributed by atoms with Gasteiger partial charge in [0, 0.05) is 25.3 Å². The number of nitrogens with zero attached hydrogens (tertiary/aromatic N) is 2. The van der Waals surface area contributed by atoms with Gasteiger partial charge in [0.1, 0.15) is 15.8 Å². The van der Waals surface area contributed by atoms with E-state index in [4.69, 9.17) is 0 Å². The molecule has 0 bridgehead atoms. The van der Waals surface area contributed by atoms with Gasteiger partial charge in [0.15, 0.2) is 10.5 Å². The quantitative estimate of drug-likeness (QED) is 0.334. The largest absolute Gasteiger partial charge is 0.611 e. The molecule has 6 nitrogen and oxygen atoms in total. The molecule has 3 atom stereocenters. The van der Waals surface area contributed by atoms with Crippen LogP contribution in [0.5, 0.6) is 0 Å². The topological polar surface area (TPSA) is 83.9 Å². The molecule has 1 unspecified atom stereocenters. The van der Waals surface area contributed by atoms with E-state index in [1.165, 1.54) is 58.9 Å². The summed E-state index contributed by atoms with van der Waals surface area (Å²) in [5.41, 5.74) is -2.88. The molecular weight excluding hydrogens is 552 g/mol. The van der Waals surface area contributed by atoms with E-state index < -0.39 is 44.8 Å². The summed E-state index contributed by atoms with van der Waals surface area (Å²) >= 11 is -0.523. The van der Waals surface area contributed by atoms with Gasteiger partial charge in [-0.2, -0.15) is 17.5 Å². The van der Waals surface area contributed by atoms with E-state index in [1.54, 1.807) is 16.3 Å². The first-order valence-corrected chi connectivity index (χ1v) is 14.8. The van der Waals surface area contributed by atoms with Crippen LogP contribution >= 0.6 is 11.3 Å². The summed E-state index contributed by atoms with van der Waals surface area (Å²) in [6.07, 6.45) is -4.87. The molecule has 0 amide bonds. The molecule has 0 aliphatic carbocycles. The van der Waals surface area contributed by atoms with E-state index in [0.717, 1.165) is 11.3 Å². The first kappa shape index (κ1) is 27.9. The number of thiophene rings is 1. The Morgan fingerprint density at radius 3 is 2.30 bits per heavy atom. The maximum absolute atomic E-state index is 13.3. The third kappa shape index (κ3) is 5.81. The van der Waals surface area contributed by atoms with Crippen LogP contribution in [0.1, 0.15) is 12.5 Å². The number of rotatable bonds is 7. The Hall–Kier alpha value is -2.16. The molecule has 1 aliphatic rings. The fourth-order valence-electron chi connectivity index (χ4n) is 4.06. The predicted molar refractivity (Wildman–Crippen MR) is 134 cm³/mol. The number of benzene rings is 2. The standard InChI is InChI=1S/C24H24F4N2O4S3/c1-23(31,24(26,27)28)17-4-8-19(9-5-17)30-13-12-29(37(33,34)22-3-2-14-35-22)15-20(30)16-36(32)21-10-6-18(25)7-11-21/h2-11,14,20,31H,12-13,15-16H2,1H3/t20-,23-,36?/m1/s1. The molecule has 1 N–H and O–H groups in total. The minimum absolute atomic E-state index is 0.00408. The second-order valence-corrected chi connectivity index (χ2v) is 13.3. The lowest BCUT2D eigenvalue weighted by atomic mass is 9.95. The highest BCUT2D eigenvalue weighted by atomic mass is 32.2. The molecule has 1 saturated heterocycles. The number of halogens is 4. The smallest absolute Gasteiger partial charge is 0.421 e. The van der Waals surface area contributed by atoms with E-state index in [2.05, 4.69) is 0 Å². The molecule has 13 heteroatoms. The van der Waals surface area contributed by atoms with Crippen LogP contribution in [0, 0.1) is 5.82 Å². The van der Waals surface area contributed by atoms with Gasteiger partial charge in [-0.05, 0) is 71.5 Å². The summed E-state index contributed by atoms with van der Waals surface area (Å²) in [4.78, 5) is 2.17. The van der Waals surface area contributed by atoms with Gasteiger partial charge in [0.05, 0.1) is 6.04 Å². The van der Waals surface area contributed by atoms with Gasteiger partial charge in [0.2, 0.25) is 0 Å². The fourth-order valence-corrected chi connectivity index (χ4v) is 7.94. The van der Waals surface area contributed by atoms with Crippen LogP contribution in [0.25, 0.3) is 0 Å². The molecule has 2 heterocycles. The Bertz CT molecular complexity index is 1300. The Balaban J connectivity index is 1.62. The molecule has 1 aromatic heterocycles. The molecular formula is C24H24F4N2O4S3. The van der Waals surface area contributed by atoms with Crippen LogP contribution in [0.2, 0.25) is 0 Å². The fraction of sp³-hybridized carbons (Fsp3) is 0.333. The summed E-state index contributed by atoms with van der Waals surface area (Å²) in [7, 11) is -3.79. The zero-order chi connectivity index (χ0) is 27.0.